The van der Waals surface area contributed by atoms with Gasteiger partial charge in [-0.15, -0.1) is 0 Å². The van der Waals surface area contributed by atoms with Crippen LogP contribution in [-0.2, 0) is 4.74 Å². The van der Waals surface area contributed by atoms with E-state index in [1.54, 1.807) is 13.2 Å². The third kappa shape index (κ3) is 4.27. The van der Waals surface area contributed by atoms with Crippen LogP contribution in [0.2, 0.25) is 0 Å². The number of rotatable bonds is 8. The molecule has 0 aliphatic rings. The maximum Gasteiger partial charge on any atom is 0.128 e. The largest absolute Gasteiger partial charge is 0.383 e. The highest BCUT2D eigenvalue weighted by Crippen LogP contribution is 2.25. The van der Waals surface area contributed by atoms with Crippen LogP contribution in [0, 0.1) is 5.82 Å². The van der Waals surface area contributed by atoms with Gasteiger partial charge in [-0.25, -0.2) is 4.39 Å². The summed E-state index contributed by atoms with van der Waals surface area (Å²) in [5.74, 6) is -0.191. The van der Waals surface area contributed by atoms with E-state index in [0.29, 0.717) is 24.8 Å². The maximum atomic E-state index is 14.0. The topological polar surface area (TPSA) is 38.5 Å². The lowest BCUT2D eigenvalue weighted by atomic mass is 10.0. The molecule has 0 bridgehead atoms. The number of halogens is 1. The predicted molar refractivity (Wildman–Crippen MR) is 76.5 cm³/mol. The van der Waals surface area contributed by atoms with Crippen molar-refractivity contribution in [2.75, 3.05) is 26.8 Å². The zero-order chi connectivity index (χ0) is 14.3. The lowest BCUT2D eigenvalue weighted by Crippen LogP contribution is -2.42. The molecule has 0 aliphatic carbocycles. The van der Waals surface area contributed by atoms with Gasteiger partial charge >= 0.3 is 0 Å². The van der Waals surface area contributed by atoms with Crippen molar-refractivity contribution in [2.45, 2.75) is 32.4 Å². The van der Waals surface area contributed by atoms with Gasteiger partial charge in [0.05, 0.1) is 12.6 Å². The van der Waals surface area contributed by atoms with Crippen LogP contribution in [0.25, 0.3) is 0 Å². The molecule has 4 heteroatoms. The zero-order valence-electron chi connectivity index (χ0n) is 12.1. The van der Waals surface area contributed by atoms with Crippen molar-refractivity contribution in [3.63, 3.8) is 0 Å². The lowest BCUT2D eigenvalue weighted by molar-refractivity contribution is 0.0888. The van der Waals surface area contributed by atoms with E-state index in [9.17, 15) is 4.39 Å². The predicted octanol–water partition coefficient (Wildman–Crippen LogP) is 2.57. The van der Waals surface area contributed by atoms with Gasteiger partial charge in [-0.2, -0.15) is 0 Å². The highest BCUT2D eigenvalue weighted by atomic mass is 19.1. The monoisotopic (exact) mass is 268 g/mol. The van der Waals surface area contributed by atoms with Crippen molar-refractivity contribution in [1.29, 1.82) is 0 Å². The average molecular weight is 268 g/mol. The van der Waals surface area contributed by atoms with Crippen LogP contribution in [0.3, 0.4) is 0 Å². The molecule has 19 heavy (non-hydrogen) atoms. The molecular weight excluding hydrogens is 243 g/mol. The summed E-state index contributed by atoms with van der Waals surface area (Å²) in [7, 11) is 1.68. The molecule has 1 aromatic carbocycles. The van der Waals surface area contributed by atoms with Gasteiger partial charge in [-0.1, -0.05) is 25.1 Å². The van der Waals surface area contributed by atoms with Gasteiger partial charge < -0.3 is 10.5 Å². The van der Waals surface area contributed by atoms with Crippen molar-refractivity contribution >= 4 is 0 Å². The molecule has 0 aromatic heterocycles. The first-order chi connectivity index (χ1) is 9.15. The Morgan fingerprint density at radius 1 is 1.37 bits per heavy atom. The van der Waals surface area contributed by atoms with Gasteiger partial charge in [0.2, 0.25) is 0 Å². The molecule has 1 rings (SSSR count). The van der Waals surface area contributed by atoms with Crippen LogP contribution < -0.4 is 5.73 Å². The molecule has 0 aliphatic heterocycles. The van der Waals surface area contributed by atoms with E-state index in [1.165, 1.54) is 6.07 Å². The molecule has 0 radical (unpaired) electrons. The highest BCUT2D eigenvalue weighted by molar-refractivity contribution is 5.22. The number of nitrogens with zero attached hydrogens (tertiary/aromatic N) is 1. The van der Waals surface area contributed by atoms with E-state index in [1.807, 2.05) is 12.1 Å². The Kier molecular flexibility index (Phi) is 6.99. The fraction of sp³-hybridized carbons (Fsp3) is 0.600. The number of benzene rings is 1. The summed E-state index contributed by atoms with van der Waals surface area (Å²) in [6.45, 7) is 6.03. The minimum absolute atomic E-state index is 0.105. The van der Waals surface area contributed by atoms with Crippen molar-refractivity contribution in [3.05, 3.63) is 35.6 Å². The Hall–Kier alpha value is -0.970. The standard InChI is InChI=1S/C15H25FN2O/c1-4-12(2)18(9-10-19-3)15(11-17)13-7-5-6-8-14(13)16/h5-8,12,15H,4,9-11,17H2,1-3H3. The van der Waals surface area contributed by atoms with E-state index in [2.05, 4.69) is 18.7 Å². The van der Waals surface area contributed by atoms with Crippen LogP contribution in [0.1, 0.15) is 31.9 Å². The summed E-state index contributed by atoms with van der Waals surface area (Å²) in [5, 5.41) is 0. The van der Waals surface area contributed by atoms with Gasteiger partial charge in [0.25, 0.3) is 0 Å². The first kappa shape index (κ1) is 16.1. The Morgan fingerprint density at radius 3 is 2.58 bits per heavy atom. The first-order valence-electron chi connectivity index (χ1n) is 6.84. The fourth-order valence-electron chi connectivity index (χ4n) is 2.30. The molecule has 0 amide bonds. The third-order valence-corrected chi connectivity index (χ3v) is 3.60. The van der Waals surface area contributed by atoms with E-state index >= 15 is 0 Å². The highest BCUT2D eigenvalue weighted by Gasteiger charge is 2.24. The molecule has 0 heterocycles. The normalized spacial score (nSPS) is 14.6. The number of hydrogen-bond donors (Lipinski definition) is 1. The van der Waals surface area contributed by atoms with Crippen LogP contribution in [0.5, 0.6) is 0 Å². The summed E-state index contributed by atoms with van der Waals surface area (Å²) in [6, 6.07) is 7.09. The molecule has 0 spiro atoms. The van der Waals surface area contributed by atoms with Gasteiger partial charge in [0.1, 0.15) is 5.82 Å². The molecule has 3 nitrogen and oxygen atoms in total. The van der Waals surface area contributed by atoms with E-state index < -0.39 is 0 Å². The third-order valence-electron chi connectivity index (χ3n) is 3.60. The van der Waals surface area contributed by atoms with Crippen molar-refractivity contribution in [2.24, 2.45) is 5.73 Å². The Morgan fingerprint density at radius 2 is 2.05 bits per heavy atom. The second-order valence-corrected chi connectivity index (χ2v) is 4.76. The van der Waals surface area contributed by atoms with Gasteiger partial charge in [-0.3, -0.25) is 4.90 Å². The fourth-order valence-corrected chi connectivity index (χ4v) is 2.30. The number of nitrogens with two attached hydrogens (primary N) is 1. The van der Waals surface area contributed by atoms with Gasteiger partial charge in [0.15, 0.2) is 0 Å². The Balaban J connectivity index is 2.98. The number of methoxy groups -OCH3 is 1. The SMILES string of the molecule is CCC(C)N(CCOC)C(CN)c1ccccc1F. The molecule has 2 N–H and O–H groups in total. The van der Waals surface area contributed by atoms with Gasteiger partial charge in [-0.05, 0) is 19.4 Å². The molecular formula is C15H25FN2O. The molecule has 2 unspecified atom stereocenters. The minimum atomic E-state index is -0.191. The average Bonchev–Trinajstić information content (AvgIpc) is 2.44. The minimum Gasteiger partial charge on any atom is -0.383 e. The van der Waals surface area contributed by atoms with Crippen molar-refractivity contribution in [1.82, 2.24) is 4.90 Å². The summed E-state index contributed by atoms with van der Waals surface area (Å²) in [6.07, 6.45) is 0.995. The number of hydrogen-bond acceptors (Lipinski definition) is 3. The molecule has 0 saturated heterocycles. The molecule has 108 valence electrons. The van der Waals surface area contributed by atoms with Crippen molar-refractivity contribution < 1.29 is 9.13 Å². The quantitative estimate of drug-likeness (QED) is 0.787. The van der Waals surface area contributed by atoms with E-state index in [-0.39, 0.29) is 11.9 Å². The van der Waals surface area contributed by atoms with Crippen LogP contribution in [0.4, 0.5) is 4.39 Å². The van der Waals surface area contributed by atoms with E-state index in [4.69, 9.17) is 10.5 Å². The summed E-state index contributed by atoms with van der Waals surface area (Å²) in [5.41, 5.74) is 6.56. The molecule has 2 atom stereocenters. The van der Waals surface area contributed by atoms with E-state index in [0.717, 1.165) is 13.0 Å². The molecule has 0 fully saturated rings. The number of ether oxygens (including phenoxy) is 1. The first-order valence-corrected chi connectivity index (χ1v) is 6.84. The Labute approximate surface area is 115 Å². The second kappa shape index (κ2) is 8.25. The van der Waals surface area contributed by atoms with Crippen LogP contribution >= 0.6 is 0 Å². The maximum absolute atomic E-state index is 14.0. The second-order valence-electron chi connectivity index (χ2n) is 4.76. The lowest BCUT2D eigenvalue weighted by Gasteiger charge is -2.35. The zero-order valence-corrected chi connectivity index (χ0v) is 12.1. The van der Waals surface area contributed by atoms with Crippen LogP contribution in [0.15, 0.2) is 24.3 Å². The summed E-state index contributed by atoms with van der Waals surface area (Å²) < 4.78 is 19.1. The van der Waals surface area contributed by atoms with Gasteiger partial charge in [0, 0.05) is 31.8 Å². The van der Waals surface area contributed by atoms with Crippen molar-refractivity contribution in [3.8, 4) is 0 Å². The Bertz CT molecular complexity index is 373. The molecule has 1 aromatic rings. The molecule has 0 saturated carbocycles. The smallest absolute Gasteiger partial charge is 0.128 e. The van der Waals surface area contributed by atoms with Crippen LogP contribution in [-0.4, -0.2) is 37.7 Å². The summed E-state index contributed by atoms with van der Waals surface area (Å²) >= 11 is 0. The summed E-state index contributed by atoms with van der Waals surface area (Å²) in [4.78, 5) is 2.22.